The maximum absolute atomic E-state index is 12.6. The van der Waals surface area contributed by atoms with E-state index in [1.165, 1.54) is 0 Å². The molecule has 0 aromatic heterocycles. The second-order valence-corrected chi connectivity index (χ2v) is 5.35. The van der Waals surface area contributed by atoms with Crippen LogP contribution in [0.2, 0.25) is 0 Å². The molecule has 0 saturated carbocycles. The third-order valence-corrected chi connectivity index (χ3v) is 3.76. The molecular formula is C14H27N3O4. The molecule has 0 radical (unpaired) electrons. The van der Waals surface area contributed by atoms with Gasteiger partial charge in [0.2, 0.25) is 5.91 Å². The Balaban J connectivity index is 2.73. The van der Waals surface area contributed by atoms with E-state index >= 15 is 0 Å². The monoisotopic (exact) mass is 301 g/mol. The molecule has 1 aliphatic heterocycles. The topological polar surface area (TPSA) is 106 Å². The van der Waals surface area contributed by atoms with Crippen LogP contribution in [0.15, 0.2) is 5.16 Å². The molecule has 7 heteroatoms. The lowest BCUT2D eigenvalue weighted by molar-refractivity contribution is -0.131. The van der Waals surface area contributed by atoms with Crippen LogP contribution in [0.4, 0.5) is 0 Å². The summed E-state index contributed by atoms with van der Waals surface area (Å²) in [5.41, 5.74) is 4.87. The number of carbonyl (C=O) groups excluding carboxylic acids is 1. The molecule has 0 aromatic carbocycles. The molecule has 7 nitrogen and oxygen atoms in total. The van der Waals surface area contributed by atoms with Gasteiger partial charge in [0.1, 0.15) is 5.41 Å². The standard InChI is InChI=1S/C14H27N3O4/c1-3-5-14(6-4-2,12(15)17-19)13(18)16-9-11-10-20-7-8-21-11/h11,19H,3-10H2,1-2H3,(H2,15,17)(H,16,18). The van der Waals surface area contributed by atoms with E-state index in [-0.39, 0.29) is 17.8 Å². The van der Waals surface area contributed by atoms with Gasteiger partial charge in [-0.05, 0) is 12.8 Å². The van der Waals surface area contributed by atoms with Crippen molar-refractivity contribution < 1.29 is 19.5 Å². The second-order valence-electron chi connectivity index (χ2n) is 5.35. The summed E-state index contributed by atoms with van der Waals surface area (Å²) in [5, 5.41) is 15.0. The van der Waals surface area contributed by atoms with Crippen molar-refractivity contribution in [2.24, 2.45) is 16.3 Å². The highest BCUT2D eigenvalue weighted by Gasteiger charge is 2.41. The number of hydrogen-bond acceptors (Lipinski definition) is 5. The van der Waals surface area contributed by atoms with Crippen LogP contribution in [-0.2, 0) is 14.3 Å². The van der Waals surface area contributed by atoms with Crippen molar-refractivity contribution >= 4 is 11.7 Å². The molecule has 1 heterocycles. The molecule has 1 atom stereocenters. The maximum atomic E-state index is 12.6. The molecule has 0 aromatic rings. The van der Waals surface area contributed by atoms with E-state index in [0.29, 0.717) is 39.2 Å². The fraction of sp³-hybridized carbons (Fsp3) is 0.857. The third kappa shape index (κ3) is 4.57. The Morgan fingerprint density at radius 2 is 2.05 bits per heavy atom. The highest BCUT2D eigenvalue weighted by Crippen LogP contribution is 2.30. The van der Waals surface area contributed by atoms with Gasteiger partial charge < -0.3 is 25.7 Å². The Labute approximate surface area is 125 Å². The highest BCUT2D eigenvalue weighted by molar-refractivity contribution is 6.06. The van der Waals surface area contributed by atoms with Crippen LogP contribution < -0.4 is 11.1 Å². The lowest BCUT2D eigenvalue weighted by Gasteiger charge is -2.32. The van der Waals surface area contributed by atoms with Crippen molar-refractivity contribution in [1.29, 1.82) is 0 Å². The van der Waals surface area contributed by atoms with Gasteiger partial charge in [0.15, 0.2) is 5.84 Å². The summed E-state index contributed by atoms with van der Waals surface area (Å²) < 4.78 is 10.8. The zero-order valence-electron chi connectivity index (χ0n) is 12.9. The minimum Gasteiger partial charge on any atom is -0.409 e. The van der Waals surface area contributed by atoms with Gasteiger partial charge >= 0.3 is 0 Å². The van der Waals surface area contributed by atoms with Gasteiger partial charge in [0.25, 0.3) is 0 Å². The minimum absolute atomic E-state index is 0.0236. The van der Waals surface area contributed by atoms with E-state index < -0.39 is 5.41 Å². The van der Waals surface area contributed by atoms with Crippen LogP contribution in [0.25, 0.3) is 0 Å². The smallest absolute Gasteiger partial charge is 0.234 e. The summed E-state index contributed by atoms with van der Waals surface area (Å²) >= 11 is 0. The predicted molar refractivity (Wildman–Crippen MR) is 79.2 cm³/mol. The van der Waals surface area contributed by atoms with E-state index in [9.17, 15) is 4.79 Å². The van der Waals surface area contributed by atoms with E-state index in [2.05, 4.69) is 10.5 Å². The normalized spacial score (nSPS) is 20.3. The summed E-state index contributed by atoms with van der Waals surface area (Å²) in [4.78, 5) is 12.6. The lowest BCUT2D eigenvalue weighted by atomic mass is 9.77. The van der Waals surface area contributed by atoms with Gasteiger partial charge in [0, 0.05) is 6.54 Å². The number of oxime groups is 1. The summed E-state index contributed by atoms with van der Waals surface area (Å²) in [6, 6.07) is 0. The van der Waals surface area contributed by atoms with Gasteiger partial charge in [-0.15, -0.1) is 0 Å². The van der Waals surface area contributed by atoms with Gasteiger partial charge in [-0.1, -0.05) is 31.8 Å². The van der Waals surface area contributed by atoms with Gasteiger partial charge in [-0.2, -0.15) is 0 Å². The summed E-state index contributed by atoms with van der Waals surface area (Å²) in [5.74, 6) is -0.236. The van der Waals surface area contributed by atoms with Crippen LogP contribution >= 0.6 is 0 Å². The van der Waals surface area contributed by atoms with Gasteiger partial charge in [-0.3, -0.25) is 4.79 Å². The average molecular weight is 301 g/mol. The Morgan fingerprint density at radius 1 is 1.38 bits per heavy atom. The van der Waals surface area contributed by atoms with Crippen molar-refractivity contribution in [2.75, 3.05) is 26.4 Å². The molecular weight excluding hydrogens is 274 g/mol. The number of rotatable bonds is 8. The first-order chi connectivity index (χ1) is 10.1. The second kappa shape index (κ2) is 8.84. The molecule has 1 unspecified atom stereocenters. The van der Waals surface area contributed by atoms with Crippen molar-refractivity contribution in [3.8, 4) is 0 Å². The molecule has 1 amide bonds. The minimum atomic E-state index is -0.951. The molecule has 1 saturated heterocycles. The Morgan fingerprint density at radius 3 is 2.52 bits per heavy atom. The number of amides is 1. The molecule has 1 fully saturated rings. The van der Waals surface area contributed by atoms with Crippen molar-refractivity contribution in [3.05, 3.63) is 0 Å². The van der Waals surface area contributed by atoms with Crippen molar-refractivity contribution in [3.63, 3.8) is 0 Å². The van der Waals surface area contributed by atoms with Gasteiger partial charge in [-0.25, -0.2) is 0 Å². The van der Waals surface area contributed by atoms with Crippen LogP contribution in [0.3, 0.4) is 0 Å². The van der Waals surface area contributed by atoms with E-state index in [1.54, 1.807) is 0 Å². The maximum Gasteiger partial charge on any atom is 0.234 e. The van der Waals surface area contributed by atoms with Gasteiger partial charge in [0.05, 0.1) is 25.9 Å². The molecule has 0 spiro atoms. The van der Waals surface area contributed by atoms with Crippen LogP contribution in [0.1, 0.15) is 39.5 Å². The fourth-order valence-electron chi connectivity index (χ4n) is 2.70. The Hall–Kier alpha value is -1.34. The van der Waals surface area contributed by atoms with E-state index in [1.807, 2.05) is 13.8 Å². The number of carbonyl (C=O) groups is 1. The number of nitrogens with two attached hydrogens (primary N) is 1. The van der Waals surface area contributed by atoms with Crippen molar-refractivity contribution in [1.82, 2.24) is 5.32 Å². The van der Waals surface area contributed by atoms with E-state index in [4.69, 9.17) is 20.4 Å². The highest BCUT2D eigenvalue weighted by atomic mass is 16.6. The lowest BCUT2D eigenvalue weighted by Crippen LogP contribution is -2.52. The third-order valence-electron chi connectivity index (χ3n) is 3.76. The van der Waals surface area contributed by atoms with Crippen LogP contribution in [-0.4, -0.2) is 49.4 Å². The molecule has 21 heavy (non-hydrogen) atoms. The first kappa shape index (κ1) is 17.7. The first-order valence-electron chi connectivity index (χ1n) is 7.56. The summed E-state index contributed by atoms with van der Waals surface area (Å²) in [6.45, 7) is 5.91. The SMILES string of the molecule is CCCC(CCC)(C(=O)NCC1COCCO1)C(N)=NO. The van der Waals surface area contributed by atoms with Crippen LogP contribution in [0.5, 0.6) is 0 Å². The predicted octanol–water partition coefficient (Wildman–Crippen LogP) is 0.851. The number of amidine groups is 1. The molecule has 4 N–H and O–H groups in total. The quantitative estimate of drug-likeness (QED) is 0.267. The van der Waals surface area contributed by atoms with Crippen LogP contribution in [0, 0.1) is 5.41 Å². The zero-order chi connectivity index (χ0) is 15.7. The first-order valence-corrected chi connectivity index (χ1v) is 7.56. The molecule has 0 aliphatic carbocycles. The Kier molecular flexibility index (Phi) is 7.45. The number of nitrogens with one attached hydrogen (secondary N) is 1. The molecule has 1 rings (SSSR count). The Bertz CT molecular complexity index is 348. The average Bonchev–Trinajstić information content (AvgIpc) is 2.52. The molecule has 0 bridgehead atoms. The molecule has 1 aliphatic rings. The van der Waals surface area contributed by atoms with Crippen molar-refractivity contribution in [2.45, 2.75) is 45.6 Å². The summed E-state index contributed by atoms with van der Waals surface area (Å²) in [6.07, 6.45) is 2.49. The zero-order valence-corrected chi connectivity index (χ0v) is 12.9. The number of hydrogen-bond donors (Lipinski definition) is 3. The van der Waals surface area contributed by atoms with E-state index in [0.717, 1.165) is 12.8 Å². The molecule has 122 valence electrons. The number of nitrogens with zero attached hydrogens (tertiary/aromatic N) is 1. The summed E-state index contributed by atoms with van der Waals surface area (Å²) in [7, 11) is 0. The number of ether oxygens (including phenoxy) is 2. The largest absolute Gasteiger partial charge is 0.409 e. The fourth-order valence-corrected chi connectivity index (χ4v) is 2.70.